The Morgan fingerprint density at radius 1 is 0.628 bits per heavy atom. The molecule has 0 unspecified atom stereocenters. The minimum absolute atomic E-state index is 0.0324. The standard InChI is InChI=1S/C39H32BN3/c1-21-19-22(2)36(23(3)20-21)41-28-14-9-12-24-25-17-18-31-37-34(25)40(33(24)28)35-29(41)15-10-16-30(35)43(37)38-32(39(4,5)6)26-11-7-8-13-27(26)42(31)38/h7-20H,1-6H3. The van der Waals surface area contributed by atoms with Gasteiger partial charge in [0.15, 0.2) is 0 Å². The molecular weight excluding hydrogens is 521 g/mol. The Bertz CT molecular complexity index is 2410. The monoisotopic (exact) mass is 553 g/mol. The number of aryl methyl sites for hydroxylation is 3. The van der Waals surface area contributed by atoms with Gasteiger partial charge in [-0.15, -0.1) is 0 Å². The van der Waals surface area contributed by atoms with Crippen molar-refractivity contribution in [3.63, 3.8) is 0 Å². The van der Waals surface area contributed by atoms with Crippen LogP contribution < -0.4 is 21.3 Å². The van der Waals surface area contributed by atoms with Crippen molar-refractivity contribution in [2.75, 3.05) is 4.90 Å². The van der Waals surface area contributed by atoms with Gasteiger partial charge in [-0.2, -0.15) is 0 Å². The number of aromatic nitrogens is 2. The summed E-state index contributed by atoms with van der Waals surface area (Å²) < 4.78 is 5.19. The van der Waals surface area contributed by atoms with Crippen molar-refractivity contribution < 1.29 is 0 Å². The van der Waals surface area contributed by atoms with Gasteiger partial charge in [0.25, 0.3) is 6.71 Å². The summed E-state index contributed by atoms with van der Waals surface area (Å²) >= 11 is 0. The van der Waals surface area contributed by atoms with E-state index in [9.17, 15) is 0 Å². The van der Waals surface area contributed by atoms with Crippen LogP contribution in [0, 0.1) is 20.8 Å². The molecule has 7 aromatic rings. The van der Waals surface area contributed by atoms with Gasteiger partial charge in [-0.1, -0.05) is 80.9 Å². The van der Waals surface area contributed by atoms with Crippen LogP contribution in [0.15, 0.2) is 84.9 Å². The first-order chi connectivity index (χ1) is 20.8. The van der Waals surface area contributed by atoms with E-state index >= 15 is 0 Å². The zero-order valence-corrected chi connectivity index (χ0v) is 25.5. The van der Waals surface area contributed by atoms with Crippen molar-refractivity contribution >= 4 is 67.7 Å². The molecule has 0 bridgehead atoms. The van der Waals surface area contributed by atoms with Crippen LogP contribution in [0.3, 0.4) is 0 Å². The molecule has 0 fully saturated rings. The highest BCUT2D eigenvalue weighted by atomic mass is 15.2. The van der Waals surface area contributed by atoms with E-state index in [1.165, 1.54) is 100 Å². The Kier molecular flexibility index (Phi) is 4.12. The van der Waals surface area contributed by atoms with Crippen molar-refractivity contribution in [3.8, 4) is 16.8 Å². The zero-order chi connectivity index (χ0) is 29.1. The second kappa shape index (κ2) is 7.44. The fourth-order valence-electron chi connectivity index (χ4n) is 9.14. The lowest BCUT2D eigenvalue weighted by Crippen LogP contribution is -2.58. The molecule has 2 aromatic heterocycles. The van der Waals surface area contributed by atoms with E-state index in [0.717, 1.165) is 0 Å². The number of para-hydroxylation sites is 1. The van der Waals surface area contributed by atoms with Gasteiger partial charge >= 0.3 is 0 Å². The normalized spacial score (nSPS) is 14.2. The Morgan fingerprint density at radius 3 is 2.07 bits per heavy atom. The molecule has 10 rings (SSSR count). The molecule has 0 radical (unpaired) electrons. The highest BCUT2D eigenvalue weighted by Crippen LogP contribution is 2.48. The predicted octanol–water partition coefficient (Wildman–Crippen LogP) is 7.85. The third-order valence-electron chi connectivity index (χ3n) is 10.4. The molecule has 3 nitrogen and oxygen atoms in total. The second-order valence-electron chi connectivity index (χ2n) is 14.0. The number of hydrogen-bond donors (Lipinski definition) is 0. The third kappa shape index (κ3) is 2.62. The van der Waals surface area contributed by atoms with Crippen LogP contribution in [0.2, 0.25) is 0 Å². The minimum Gasteiger partial charge on any atom is -0.311 e. The van der Waals surface area contributed by atoms with Crippen LogP contribution in [0.25, 0.3) is 44.4 Å². The Balaban J connectivity index is 1.45. The van der Waals surface area contributed by atoms with Gasteiger partial charge in [0, 0.05) is 28.0 Å². The number of fused-ring (bicyclic) bond motifs is 7. The Morgan fingerprint density at radius 2 is 1.30 bits per heavy atom. The van der Waals surface area contributed by atoms with Gasteiger partial charge in [-0.05, 0) is 95.2 Å². The summed E-state index contributed by atoms with van der Waals surface area (Å²) in [4.78, 5) is 2.58. The lowest BCUT2D eigenvalue weighted by molar-refractivity contribution is 0.599. The number of rotatable bonds is 1. The van der Waals surface area contributed by atoms with Crippen molar-refractivity contribution in [3.05, 3.63) is 107 Å². The van der Waals surface area contributed by atoms with Gasteiger partial charge < -0.3 is 4.90 Å². The van der Waals surface area contributed by atoms with Crippen molar-refractivity contribution in [1.82, 2.24) is 8.97 Å². The van der Waals surface area contributed by atoms with Crippen molar-refractivity contribution in [2.45, 2.75) is 47.0 Å². The van der Waals surface area contributed by atoms with E-state index in [-0.39, 0.29) is 12.1 Å². The number of nitrogens with zero attached hydrogens (tertiary/aromatic N) is 3. The summed E-state index contributed by atoms with van der Waals surface area (Å²) in [6.45, 7) is 14.1. The molecule has 3 aliphatic rings. The first-order valence-corrected chi connectivity index (χ1v) is 15.5. The van der Waals surface area contributed by atoms with E-state index in [1.807, 2.05) is 0 Å². The van der Waals surface area contributed by atoms with Crippen LogP contribution in [-0.2, 0) is 5.41 Å². The molecule has 0 saturated heterocycles. The number of anilines is 3. The zero-order valence-electron chi connectivity index (χ0n) is 25.5. The third-order valence-corrected chi connectivity index (χ3v) is 10.4. The molecule has 206 valence electrons. The van der Waals surface area contributed by atoms with Crippen LogP contribution in [0.5, 0.6) is 0 Å². The first kappa shape index (κ1) is 23.8. The maximum absolute atomic E-state index is 2.63. The highest BCUT2D eigenvalue weighted by molar-refractivity contribution is 7.03. The second-order valence-corrected chi connectivity index (χ2v) is 14.0. The summed E-state index contributed by atoms with van der Waals surface area (Å²) in [5, 5.41) is 1.35. The molecule has 0 saturated carbocycles. The van der Waals surface area contributed by atoms with E-state index in [2.05, 4.69) is 140 Å². The van der Waals surface area contributed by atoms with Gasteiger partial charge in [0.1, 0.15) is 5.65 Å². The first-order valence-electron chi connectivity index (χ1n) is 15.5. The van der Waals surface area contributed by atoms with Crippen molar-refractivity contribution in [2.24, 2.45) is 0 Å². The van der Waals surface area contributed by atoms with E-state index in [4.69, 9.17) is 0 Å². The summed E-state index contributed by atoms with van der Waals surface area (Å²) in [6.07, 6.45) is 0. The van der Waals surface area contributed by atoms with Crippen LogP contribution in [-0.4, -0.2) is 15.7 Å². The Labute approximate surface area is 252 Å². The van der Waals surface area contributed by atoms with Gasteiger partial charge in [0.05, 0.1) is 22.2 Å². The quantitative estimate of drug-likeness (QED) is 0.189. The van der Waals surface area contributed by atoms with Crippen LogP contribution in [0.1, 0.15) is 43.0 Å². The van der Waals surface area contributed by atoms with Gasteiger partial charge in [-0.25, -0.2) is 0 Å². The summed E-state index contributed by atoms with van der Waals surface area (Å²) in [6, 6.07) is 32.4. The fraction of sp³-hybridized carbons (Fsp3) is 0.179. The van der Waals surface area contributed by atoms with Gasteiger partial charge in [-0.3, -0.25) is 8.97 Å². The number of benzene rings is 5. The molecule has 43 heavy (non-hydrogen) atoms. The van der Waals surface area contributed by atoms with Gasteiger partial charge in [0.2, 0.25) is 0 Å². The summed E-state index contributed by atoms with van der Waals surface area (Å²) in [5.74, 6) is 0. The molecule has 0 aliphatic carbocycles. The summed E-state index contributed by atoms with van der Waals surface area (Å²) in [5.41, 5.74) is 23.0. The minimum atomic E-state index is -0.0324. The SMILES string of the molecule is Cc1cc(C)c(N2c3cccc4c3B3c5c2cccc5-n2c5c3c-4ccc5n3c4ccccc4c(C(C)(C)C)c23)c(C)c1. The van der Waals surface area contributed by atoms with Crippen molar-refractivity contribution in [1.29, 1.82) is 0 Å². The molecule has 0 N–H and O–H groups in total. The molecular formula is C39H32BN3. The average molecular weight is 554 g/mol. The lowest BCUT2D eigenvalue weighted by atomic mass is 9.36. The van der Waals surface area contributed by atoms with E-state index in [1.54, 1.807) is 0 Å². The molecule has 3 aliphatic heterocycles. The molecule has 5 heterocycles. The molecule has 4 heteroatoms. The smallest absolute Gasteiger partial charge is 0.253 e. The molecule has 0 amide bonds. The van der Waals surface area contributed by atoms with Crippen LogP contribution in [0.4, 0.5) is 17.1 Å². The largest absolute Gasteiger partial charge is 0.311 e. The lowest BCUT2D eigenvalue weighted by Gasteiger charge is -2.40. The number of imidazole rings is 1. The highest BCUT2D eigenvalue weighted by Gasteiger charge is 2.48. The van der Waals surface area contributed by atoms with Crippen LogP contribution >= 0.6 is 0 Å². The summed E-state index contributed by atoms with van der Waals surface area (Å²) in [7, 11) is 0. The Hall–Kier alpha value is -4.70. The fourth-order valence-corrected chi connectivity index (χ4v) is 9.14. The van der Waals surface area contributed by atoms with E-state index < -0.39 is 0 Å². The maximum Gasteiger partial charge on any atom is 0.253 e. The van der Waals surface area contributed by atoms with E-state index in [0.29, 0.717) is 0 Å². The topological polar surface area (TPSA) is 12.6 Å². The predicted molar refractivity (Wildman–Crippen MR) is 183 cm³/mol. The molecule has 0 spiro atoms. The maximum atomic E-state index is 2.63. The number of hydrogen-bond acceptors (Lipinski definition) is 1. The molecule has 0 atom stereocenters. The average Bonchev–Trinajstić information content (AvgIpc) is 3.60. The molecule has 5 aromatic carbocycles.